The molecular formula is C22H22N2O5S. The molecule has 2 heterocycles. The van der Waals surface area contributed by atoms with E-state index in [-0.39, 0.29) is 18.9 Å². The first-order chi connectivity index (χ1) is 14.4. The van der Waals surface area contributed by atoms with Gasteiger partial charge in [0.25, 0.3) is 5.91 Å². The lowest BCUT2D eigenvalue weighted by atomic mass is 10.0. The van der Waals surface area contributed by atoms with Crippen molar-refractivity contribution in [2.75, 3.05) is 20.3 Å². The molecule has 0 radical (unpaired) electrons. The Kier molecular flexibility index (Phi) is 5.59. The first-order valence-corrected chi connectivity index (χ1v) is 10.4. The summed E-state index contributed by atoms with van der Waals surface area (Å²) >= 11 is 1.33. The molecule has 0 saturated heterocycles. The van der Waals surface area contributed by atoms with Crippen molar-refractivity contribution in [2.24, 2.45) is 4.99 Å². The highest BCUT2D eigenvalue weighted by Crippen LogP contribution is 2.35. The molecule has 0 N–H and O–H groups in total. The summed E-state index contributed by atoms with van der Waals surface area (Å²) in [5.74, 6) is 0.555. The lowest BCUT2D eigenvalue weighted by Crippen LogP contribution is -2.23. The normalized spacial score (nSPS) is 13.5. The maximum atomic E-state index is 12.7. The molecule has 1 aromatic heterocycles. The third-order valence-corrected chi connectivity index (χ3v) is 6.05. The van der Waals surface area contributed by atoms with Crippen LogP contribution in [0.15, 0.2) is 35.3 Å². The van der Waals surface area contributed by atoms with Crippen LogP contribution in [0, 0.1) is 13.8 Å². The number of aromatic nitrogens is 1. The standard InChI is InChI=1S/C22H22N2O5S/c1-13-4-5-15(8-14(13)2)9-20(25)23-22-24(12-21(26)27-3)16-10-17-18(11-19(16)30-22)29-7-6-28-17/h4-5,8,10-11H,6-7,9,12H2,1-3H3. The van der Waals surface area contributed by atoms with E-state index in [1.807, 2.05) is 44.2 Å². The topological polar surface area (TPSA) is 79.1 Å². The number of carbonyl (C=O) groups is 2. The number of hydrogen-bond acceptors (Lipinski definition) is 6. The van der Waals surface area contributed by atoms with Gasteiger partial charge < -0.3 is 18.8 Å². The maximum absolute atomic E-state index is 12.7. The fraction of sp³-hybridized carbons (Fsp3) is 0.318. The number of esters is 1. The van der Waals surface area contributed by atoms with Crippen LogP contribution in [-0.2, 0) is 27.3 Å². The second kappa shape index (κ2) is 8.31. The number of fused-ring (bicyclic) bond motifs is 2. The van der Waals surface area contributed by atoms with Crippen molar-refractivity contribution in [1.82, 2.24) is 4.57 Å². The highest BCUT2D eigenvalue weighted by molar-refractivity contribution is 7.16. The molecule has 0 fully saturated rings. The number of amides is 1. The van der Waals surface area contributed by atoms with Crippen LogP contribution >= 0.6 is 11.3 Å². The van der Waals surface area contributed by atoms with Crippen molar-refractivity contribution in [1.29, 1.82) is 0 Å². The molecule has 156 valence electrons. The molecule has 30 heavy (non-hydrogen) atoms. The van der Waals surface area contributed by atoms with E-state index in [9.17, 15) is 9.59 Å². The van der Waals surface area contributed by atoms with Crippen LogP contribution in [0.1, 0.15) is 16.7 Å². The number of benzene rings is 2. The fourth-order valence-corrected chi connectivity index (χ4v) is 4.33. The second-order valence-corrected chi connectivity index (χ2v) is 8.12. The van der Waals surface area contributed by atoms with E-state index in [1.54, 1.807) is 4.57 Å². The van der Waals surface area contributed by atoms with E-state index in [2.05, 4.69) is 4.99 Å². The molecule has 1 aliphatic rings. The molecule has 3 aromatic rings. The zero-order valence-corrected chi connectivity index (χ0v) is 17.9. The second-order valence-electron chi connectivity index (χ2n) is 7.11. The zero-order chi connectivity index (χ0) is 21.3. The van der Waals surface area contributed by atoms with E-state index >= 15 is 0 Å². The lowest BCUT2D eigenvalue weighted by Gasteiger charge is -2.18. The van der Waals surface area contributed by atoms with Crippen LogP contribution < -0.4 is 14.3 Å². The number of hydrogen-bond donors (Lipinski definition) is 0. The van der Waals surface area contributed by atoms with Crippen molar-refractivity contribution in [2.45, 2.75) is 26.8 Å². The van der Waals surface area contributed by atoms with E-state index in [4.69, 9.17) is 14.2 Å². The van der Waals surface area contributed by atoms with Crippen LogP contribution in [0.2, 0.25) is 0 Å². The van der Waals surface area contributed by atoms with Gasteiger partial charge in [0.1, 0.15) is 19.8 Å². The monoisotopic (exact) mass is 426 g/mol. The maximum Gasteiger partial charge on any atom is 0.325 e. The van der Waals surface area contributed by atoms with Gasteiger partial charge in [-0.25, -0.2) is 0 Å². The highest BCUT2D eigenvalue weighted by atomic mass is 32.1. The summed E-state index contributed by atoms with van der Waals surface area (Å²) in [7, 11) is 1.33. The van der Waals surface area contributed by atoms with E-state index in [0.29, 0.717) is 29.5 Å². The van der Waals surface area contributed by atoms with Gasteiger partial charge >= 0.3 is 5.97 Å². The van der Waals surface area contributed by atoms with Crippen molar-refractivity contribution in [3.8, 4) is 11.5 Å². The number of carbonyl (C=O) groups excluding carboxylic acids is 2. The average molecular weight is 426 g/mol. The Morgan fingerprint density at radius 2 is 1.83 bits per heavy atom. The Labute approximate surface area is 177 Å². The molecule has 4 rings (SSSR count). The lowest BCUT2D eigenvalue weighted by molar-refractivity contribution is -0.141. The van der Waals surface area contributed by atoms with Crippen LogP contribution in [0.3, 0.4) is 0 Å². The predicted molar refractivity (Wildman–Crippen MR) is 113 cm³/mol. The molecule has 0 atom stereocenters. The third-order valence-electron chi connectivity index (χ3n) is 5.01. The third kappa shape index (κ3) is 4.09. The molecule has 0 saturated carbocycles. The first kappa shape index (κ1) is 20.2. The molecule has 0 aliphatic carbocycles. The first-order valence-electron chi connectivity index (χ1n) is 9.58. The average Bonchev–Trinajstić information content (AvgIpc) is 3.04. The summed E-state index contributed by atoms with van der Waals surface area (Å²) < 4.78 is 18.7. The van der Waals surface area contributed by atoms with Gasteiger partial charge in [0.05, 0.1) is 23.7 Å². The number of methoxy groups -OCH3 is 1. The van der Waals surface area contributed by atoms with Crippen LogP contribution in [0.5, 0.6) is 11.5 Å². The van der Waals surface area contributed by atoms with Gasteiger partial charge in [-0.05, 0) is 30.5 Å². The van der Waals surface area contributed by atoms with Gasteiger partial charge in [-0.2, -0.15) is 4.99 Å². The Morgan fingerprint density at radius 1 is 1.10 bits per heavy atom. The minimum Gasteiger partial charge on any atom is -0.486 e. The summed E-state index contributed by atoms with van der Waals surface area (Å²) in [5.41, 5.74) is 3.96. The van der Waals surface area contributed by atoms with E-state index < -0.39 is 5.97 Å². The molecule has 1 aliphatic heterocycles. The van der Waals surface area contributed by atoms with E-state index in [0.717, 1.165) is 21.3 Å². The highest BCUT2D eigenvalue weighted by Gasteiger charge is 2.18. The molecular weight excluding hydrogens is 404 g/mol. The van der Waals surface area contributed by atoms with Gasteiger partial charge in [-0.15, -0.1) is 0 Å². The largest absolute Gasteiger partial charge is 0.486 e. The van der Waals surface area contributed by atoms with Crippen LogP contribution in [0.25, 0.3) is 10.2 Å². The molecule has 2 aromatic carbocycles. The number of thiazole rings is 1. The Morgan fingerprint density at radius 3 is 2.53 bits per heavy atom. The van der Waals surface area contributed by atoms with Gasteiger partial charge in [-0.1, -0.05) is 29.5 Å². The van der Waals surface area contributed by atoms with Crippen molar-refractivity contribution < 1.29 is 23.8 Å². The summed E-state index contributed by atoms with van der Waals surface area (Å²) in [6.45, 7) is 4.95. The minimum absolute atomic E-state index is 0.0497. The molecule has 0 spiro atoms. The fourth-order valence-electron chi connectivity index (χ4n) is 3.27. The zero-order valence-electron chi connectivity index (χ0n) is 17.1. The Bertz CT molecular complexity index is 1210. The van der Waals surface area contributed by atoms with Crippen molar-refractivity contribution >= 4 is 33.4 Å². The molecule has 1 amide bonds. The summed E-state index contributed by atoms with van der Waals surface area (Å²) in [6, 6.07) is 9.61. The van der Waals surface area contributed by atoms with Gasteiger partial charge in [-0.3, -0.25) is 9.59 Å². The van der Waals surface area contributed by atoms with Gasteiger partial charge in [0, 0.05) is 12.1 Å². The SMILES string of the molecule is COC(=O)Cn1c(=NC(=O)Cc2ccc(C)c(C)c2)sc2cc3c(cc21)OCCO3. The number of rotatable bonds is 4. The number of ether oxygens (including phenoxy) is 3. The van der Waals surface area contributed by atoms with Crippen molar-refractivity contribution in [3.63, 3.8) is 0 Å². The Hall–Kier alpha value is -3.13. The Balaban J connectivity index is 1.75. The van der Waals surface area contributed by atoms with Crippen LogP contribution in [-0.4, -0.2) is 36.8 Å². The quantitative estimate of drug-likeness (QED) is 0.600. The molecule has 7 nitrogen and oxygen atoms in total. The number of nitrogens with zero attached hydrogens (tertiary/aromatic N) is 2. The molecule has 8 heteroatoms. The van der Waals surface area contributed by atoms with Crippen molar-refractivity contribution in [3.05, 3.63) is 51.8 Å². The molecule has 0 unspecified atom stereocenters. The minimum atomic E-state index is -0.423. The van der Waals surface area contributed by atoms with Crippen LogP contribution in [0.4, 0.5) is 0 Å². The van der Waals surface area contributed by atoms with Gasteiger partial charge in [0.15, 0.2) is 16.3 Å². The number of aryl methyl sites for hydroxylation is 2. The summed E-state index contributed by atoms with van der Waals surface area (Å²) in [6.07, 6.45) is 0.191. The summed E-state index contributed by atoms with van der Waals surface area (Å²) in [4.78, 5) is 29.4. The summed E-state index contributed by atoms with van der Waals surface area (Å²) in [5, 5.41) is 0. The predicted octanol–water partition coefficient (Wildman–Crippen LogP) is 2.93. The smallest absolute Gasteiger partial charge is 0.325 e. The van der Waals surface area contributed by atoms with Gasteiger partial charge in [0.2, 0.25) is 0 Å². The van der Waals surface area contributed by atoms with E-state index in [1.165, 1.54) is 24.0 Å². The molecule has 0 bridgehead atoms.